The van der Waals surface area contributed by atoms with Crippen molar-refractivity contribution >= 4 is 12.3 Å². The van der Waals surface area contributed by atoms with Crippen LogP contribution in [0.25, 0.3) is 0 Å². The van der Waals surface area contributed by atoms with Crippen LogP contribution >= 0.6 is 0 Å². The highest BCUT2D eigenvalue weighted by atomic mass is 16.5. The smallest absolute Gasteiger partial charge is 0.305 e. The summed E-state index contributed by atoms with van der Waals surface area (Å²) in [5.74, 6) is 0.0000169. The van der Waals surface area contributed by atoms with Gasteiger partial charge in [0.05, 0.1) is 6.61 Å². The SMILES string of the molecule is CCCCCCCCCCCCCCCCCC(=O)OCCCCCCCCCCCC=O. The number of hydrogen-bond acceptors (Lipinski definition) is 3. The van der Waals surface area contributed by atoms with E-state index in [4.69, 9.17) is 4.74 Å². The van der Waals surface area contributed by atoms with Crippen molar-refractivity contribution in [1.29, 1.82) is 0 Å². The third kappa shape index (κ3) is 29.1. The largest absolute Gasteiger partial charge is 0.466 e. The second kappa shape index (κ2) is 29.2. The Morgan fingerprint density at radius 2 is 0.879 bits per heavy atom. The number of aldehydes is 1. The van der Waals surface area contributed by atoms with Crippen LogP contribution in [0.1, 0.15) is 174 Å². The quantitative estimate of drug-likeness (QED) is 0.0654. The van der Waals surface area contributed by atoms with Gasteiger partial charge in [-0.15, -0.1) is 0 Å². The monoisotopic (exact) mass is 466 g/mol. The van der Waals surface area contributed by atoms with Gasteiger partial charge in [-0.25, -0.2) is 0 Å². The molecule has 0 heterocycles. The highest BCUT2D eigenvalue weighted by Crippen LogP contribution is 2.14. The number of ether oxygens (including phenoxy) is 1. The molecule has 0 amide bonds. The molecular weight excluding hydrogens is 408 g/mol. The van der Waals surface area contributed by atoms with E-state index in [1.807, 2.05) is 0 Å². The fraction of sp³-hybridized carbons (Fsp3) is 0.933. The summed E-state index contributed by atoms with van der Waals surface area (Å²) in [4.78, 5) is 22.1. The number of rotatable bonds is 28. The second-order valence-corrected chi connectivity index (χ2v) is 10.1. The van der Waals surface area contributed by atoms with E-state index in [0.717, 1.165) is 38.4 Å². The molecule has 0 aromatic carbocycles. The third-order valence-electron chi connectivity index (χ3n) is 6.71. The second-order valence-electron chi connectivity index (χ2n) is 10.1. The lowest BCUT2D eigenvalue weighted by atomic mass is 10.0. The molecule has 0 spiro atoms. The van der Waals surface area contributed by atoms with Crippen molar-refractivity contribution in [3.05, 3.63) is 0 Å². The van der Waals surface area contributed by atoms with Crippen LogP contribution < -0.4 is 0 Å². The van der Waals surface area contributed by atoms with Crippen LogP contribution in [0.4, 0.5) is 0 Å². The summed E-state index contributed by atoms with van der Waals surface area (Å²) >= 11 is 0. The summed E-state index contributed by atoms with van der Waals surface area (Å²) in [7, 11) is 0. The Balaban J connectivity index is 3.14. The Hall–Kier alpha value is -0.860. The minimum Gasteiger partial charge on any atom is -0.466 e. The zero-order valence-corrected chi connectivity index (χ0v) is 22.4. The molecule has 0 saturated heterocycles. The number of carbonyl (C=O) groups is 2. The molecule has 0 atom stereocenters. The predicted molar refractivity (Wildman–Crippen MR) is 143 cm³/mol. The summed E-state index contributed by atoms with van der Waals surface area (Å²) in [5, 5.41) is 0. The topological polar surface area (TPSA) is 43.4 Å². The molecule has 0 aromatic heterocycles. The van der Waals surface area contributed by atoms with E-state index < -0.39 is 0 Å². The standard InChI is InChI=1S/C30H58O3/c1-2-3-4-5-6-7-8-9-10-11-12-15-18-21-24-27-30(32)33-29-26-23-20-17-14-13-16-19-22-25-28-31/h28H,2-27,29H2,1H3. The van der Waals surface area contributed by atoms with Gasteiger partial charge in [0.25, 0.3) is 0 Å². The van der Waals surface area contributed by atoms with E-state index in [-0.39, 0.29) is 5.97 Å². The van der Waals surface area contributed by atoms with Gasteiger partial charge in [-0.05, 0) is 19.3 Å². The van der Waals surface area contributed by atoms with E-state index in [9.17, 15) is 9.59 Å². The van der Waals surface area contributed by atoms with Crippen molar-refractivity contribution in [2.45, 2.75) is 174 Å². The number of carbonyl (C=O) groups excluding carboxylic acids is 2. The lowest BCUT2D eigenvalue weighted by Gasteiger charge is -2.06. The fourth-order valence-electron chi connectivity index (χ4n) is 4.47. The lowest BCUT2D eigenvalue weighted by molar-refractivity contribution is -0.143. The van der Waals surface area contributed by atoms with E-state index >= 15 is 0 Å². The maximum absolute atomic E-state index is 11.8. The third-order valence-corrected chi connectivity index (χ3v) is 6.71. The molecule has 0 radical (unpaired) electrons. The first-order valence-electron chi connectivity index (χ1n) is 14.9. The molecule has 0 aliphatic carbocycles. The van der Waals surface area contributed by atoms with E-state index in [0.29, 0.717) is 13.0 Å². The Labute approximate surface area is 207 Å². The summed E-state index contributed by atoms with van der Waals surface area (Å²) in [6, 6.07) is 0. The predicted octanol–water partition coefficient (Wildman–Crippen LogP) is 9.89. The molecule has 0 aliphatic rings. The van der Waals surface area contributed by atoms with Crippen LogP contribution in [0.5, 0.6) is 0 Å². The van der Waals surface area contributed by atoms with Crippen LogP contribution in [-0.4, -0.2) is 18.9 Å². The minimum absolute atomic E-state index is 0.0000169. The van der Waals surface area contributed by atoms with Gasteiger partial charge in [0.2, 0.25) is 0 Å². The molecule has 3 heteroatoms. The van der Waals surface area contributed by atoms with Crippen molar-refractivity contribution in [1.82, 2.24) is 0 Å². The van der Waals surface area contributed by atoms with Crippen LogP contribution in [0.15, 0.2) is 0 Å². The molecule has 196 valence electrons. The van der Waals surface area contributed by atoms with Crippen molar-refractivity contribution in [3.63, 3.8) is 0 Å². The fourth-order valence-corrected chi connectivity index (χ4v) is 4.47. The summed E-state index contributed by atoms with van der Waals surface area (Å²) < 4.78 is 5.38. The number of esters is 1. The molecule has 0 fully saturated rings. The van der Waals surface area contributed by atoms with Crippen LogP contribution in [0, 0.1) is 0 Å². The average Bonchev–Trinajstić information content (AvgIpc) is 2.82. The zero-order valence-electron chi connectivity index (χ0n) is 22.4. The molecule has 0 rings (SSSR count). The normalized spacial score (nSPS) is 11.1. The van der Waals surface area contributed by atoms with Crippen LogP contribution in [0.3, 0.4) is 0 Å². The molecule has 0 bridgehead atoms. The summed E-state index contributed by atoms with van der Waals surface area (Å²) in [6.45, 7) is 2.88. The van der Waals surface area contributed by atoms with E-state index in [1.165, 1.54) is 128 Å². The maximum Gasteiger partial charge on any atom is 0.305 e. The zero-order chi connectivity index (χ0) is 24.1. The van der Waals surface area contributed by atoms with Gasteiger partial charge < -0.3 is 9.53 Å². The molecule has 0 aromatic rings. The number of unbranched alkanes of at least 4 members (excludes halogenated alkanes) is 23. The van der Waals surface area contributed by atoms with Gasteiger partial charge in [-0.3, -0.25) is 4.79 Å². The lowest BCUT2D eigenvalue weighted by Crippen LogP contribution is -2.05. The van der Waals surface area contributed by atoms with Gasteiger partial charge in [0, 0.05) is 12.8 Å². The molecule has 0 unspecified atom stereocenters. The Kier molecular flexibility index (Phi) is 28.4. The van der Waals surface area contributed by atoms with Crippen LogP contribution in [-0.2, 0) is 14.3 Å². The van der Waals surface area contributed by atoms with Gasteiger partial charge in [-0.2, -0.15) is 0 Å². The van der Waals surface area contributed by atoms with Crippen molar-refractivity contribution in [3.8, 4) is 0 Å². The molecule has 3 nitrogen and oxygen atoms in total. The van der Waals surface area contributed by atoms with Crippen molar-refractivity contribution in [2.75, 3.05) is 6.61 Å². The molecule has 33 heavy (non-hydrogen) atoms. The highest BCUT2D eigenvalue weighted by molar-refractivity contribution is 5.69. The molecule has 0 saturated carbocycles. The summed E-state index contributed by atoms with van der Waals surface area (Å²) in [6.07, 6.45) is 33.4. The van der Waals surface area contributed by atoms with Gasteiger partial charge in [0.1, 0.15) is 6.29 Å². The summed E-state index contributed by atoms with van der Waals surface area (Å²) in [5.41, 5.74) is 0. The minimum atomic E-state index is 0.0000169. The van der Waals surface area contributed by atoms with E-state index in [1.54, 1.807) is 0 Å². The van der Waals surface area contributed by atoms with Crippen LogP contribution in [0.2, 0.25) is 0 Å². The highest BCUT2D eigenvalue weighted by Gasteiger charge is 2.02. The Morgan fingerprint density at radius 1 is 0.515 bits per heavy atom. The first-order chi connectivity index (χ1) is 16.3. The maximum atomic E-state index is 11.8. The molecular formula is C30H58O3. The number of hydrogen-bond donors (Lipinski definition) is 0. The van der Waals surface area contributed by atoms with Gasteiger partial charge in [0.15, 0.2) is 0 Å². The van der Waals surface area contributed by atoms with Crippen molar-refractivity contribution in [2.24, 2.45) is 0 Å². The van der Waals surface area contributed by atoms with Gasteiger partial charge >= 0.3 is 5.97 Å². The van der Waals surface area contributed by atoms with E-state index in [2.05, 4.69) is 6.92 Å². The van der Waals surface area contributed by atoms with Crippen molar-refractivity contribution < 1.29 is 14.3 Å². The average molecular weight is 467 g/mol. The molecule has 0 aliphatic heterocycles. The van der Waals surface area contributed by atoms with Gasteiger partial charge in [-0.1, -0.05) is 142 Å². The Morgan fingerprint density at radius 3 is 1.30 bits per heavy atom. The first kappa shape index (κ1) is 32.1. The first-order valence-corrected chi connectivity index (χ1v) is 14.9. The Bertz CT molecular complexity index is 394. The molecule has 0 N–H and O–H groups in total.